The van der Waals surface area contributed by atoms with Gasteiger partial charge in [-0.3, -0.25) is 4.79 Å². The van der Waals surface area contributed by atoms with Gasteiger partial charge in [-0.15, -0.1) is 11.3 Å². The number of rotatable bonds is 2. The number of nitrogens with zero attached hydrogens (tertiary/aromatic N) is 1. The van der Waals surface area contributed by atoms with E-state index in [4.69, 9.17) is 0 Å². The van der Waals surface area contributed by atoms with Crippen molar-refractivity contribution in [3.63, 3.8) is 0 Å². The van der Waals surface area contributed by atoms with Gasteiger partial charge >= 0.3 is 0 Å². The molecule has 15 heavy (non-hydrogen) atoms. The lowest BCUT2D eigenvalue weighted by Crippen LogP contribution is -2.26. The molecule has 3 rings (SSSR count). The second kappa shape index (κ2) is 3.49. The zero-order valence-corrected chi connectivity index (χ0v) is 9.30. The van der Waals surface area contributed by atoms with Gasteiger partial charge in [0, 0.05) is 17.4 Å². The zero-order valence-electron chi connectivity index (χ0n) is 8.48. The average Bonchev–Trinajstić information content (AvgIpc) is 2.62. The SMILES string of the molecule is O=c1c2ccsc2ccn1CC1CCC1. The summed E-state index contributed by atoms with van der Waals surface area (Å²) in [5, 5.41) is 2.86. The molecule has 0 atom stereocenters. The molecule has 1 fully saturated rings. The van der Waals surface area contributed by atoms with Crippen LogP contribution in [0.15, 0.2) is 28.5 Å². The minimum absolute atomic E-state index is 0.181. The standard InChI is InChI=1S/C12H13NOS/c14-12-10-5-7-15-11(10)4-6-13(12)8-9-2-1-3-9/h4-7,9H,1-3,8H2. The van der Waals surface area contributed by atoms with Gasteiger partial charge in [-0.25, -0.2) is 0 Å². The molecule has 0 aromatic carbocycles. The molecule has 0 unspecified atom stereocenters. The Hall–Kier alpha value is -1.09. The smallest absolute Gasteiger partial charge is 0.259 e. The largest absolute Gasteiger partial charge is 0.315 e. The van der Waals surface area contributed by atoms with Crippen LogP contribution in [0.2, 0.25) is 0 Å². The highest BCUT2D eigenvalue weighted by Gasteiger charge is 2.18. The van der Waals surface area contributed by atoms with Gasteiger partial charge in [0.2, 0.25) is 0 Å². The van der Waals surface area contributed by atoms with E-state index in [-0.39, 0.29) is 5.56 Å². The highest BCUT2D eigenvalue weighted by Crippen LogP contribution is 2.27. The van der Waals surface area contributed by atoms with Crippen LogP contribution in [-0.2, 0) is 6.54 Å². The van der Waals surface area contributed by atoms with Gasteiger partial charge < -0.3 is 4.57 Å². The maximum atomic E-state index is 12.0. The average molecular weight is 219 g/mol. The third-order valence-corrected chi connectivity index (χ3v) is 4.15. The first-order valence-electron chi connectivity index (χ1n) is 5.41. The van der Waals surface area contributed by atoms with Crippen molar-refractivity contribution in [3.8, 4) is 0 Å². The van der Waals surface area contributed by atoms with E-state index in [0.717, 1.165) is 22.5 Å². The predicted octanol–water partition coefficient (Wildman–Crippen LogP) is 2.86. The lowest BCUT2D eigenvalue weighted by Gasteiger charge is -2.25. The van der Waals surface area contributed by atoms with Crippen molar-refractivity contribution in [1.82, 2.24) is 4.57 Å². The van der Waals surface area contributed by atoms with Crippen LogP contribution in [0.4, 0.5) is 0 Å². The number of hydrogen-bond acceptors (Lipinski definition) is 2. The predicted molar refractivity (Wildman–Crippen MR) is 63.4 cm³/mol. The van der Waals surface area contributed by atoms with Crippen molar-refractivity contribution >= 4 is 21.4 Å². The lowest BCUT2D eigenvalue weighted by atomic mass is 9.85. The maximum absolute atomic E-state index is 12.0. The molecule has 0 saturated heterocycles. The van der Waals surface area contributed by atoms with Crippen molar-refractivity contribution in [3.05, 3.63) is 34.1 Å². The van der Waals surface area contributed by atoms with E-state index in [0.29, 0.717) is 0 Å². The molecule has 1 aliphatic rings. The van der Waals surface area contributed by atoms with Gasteiger partial charge in [0.15, 0.2) is 0 Å². The zero-order chi connectivity index (χ0) is 10.3. The Balaban J connectivity index is 2.02. The third kappa shape index (κ3) is 1.51. The van der Waals surface area contributed by atoms with Crippen LogP contribution in [0.3, 0.4) is 0 Å². The number of thiophene rings is 1. The summed E-state index contributed by atoms with van der Waals surface area (Å²) in [4.78, 5) is 12.0. The van der Waals surface area contributed by atoms with E-state index in [9.17, 15) is 4.79 Å². The molecule has 0 N–H and O–H groups in total. The van der Waals surface area contributed by atoms with Gasteiger partial charge in [0.25, 0.3) is 5.56 Å². The first-order valence-corrected chi connectivity index (χ1v) is 6.29. The molecule has 2 nitrogen and oxygen atoms in total. The second-order valence-corrected chi connectivity index (χ2v) is 5.22. The summed E-state index contributed by atoms with van der Waals surface area (Å²) in [5.41, 5.74) is 0.181. The second-order valence-electron chi connectivity index (χ2n) is 4.27. The van der Waals surface area contributed by atoms with Crippen LogP contribution >= 0.6 is 11.3 Å². The molecule has 2 aromatic heterocycles. The van der Waals surface area contributed by atoms with Crippen molar-refractivity contribution in [2.24, 2.45) is 5.92 Å². The van der Waals surface area contributed by atoms with Gasteiger partial charge in [-0.1, -0.05) is 6.42 Å². The first-order chi connectivity index (χ1) is 7.34. The third-order valence-electron chi connectivity index (χ3n) is 3.27. The molecular formula is C12H13NOS. The van der Waals surface area contributed by atoms with Gasteiger partial charge in [-0.05, 0) is 36.3 Å². The molecule has 0 bridgehead atoms. The molecule has 0 aliphatic heterocycles. The fourth-order valence-electron chi connectivity index (χ4n) is 2.10. The molecule has 0 radical (unpaired) electrons. The Morgan fingerprint density at radius 3 is 3.00 bits per heavy atom. The fourth-order valence-corrected chi connectivity index (χ4v) is 2.88. The number of fused-ring (bicyclic) bond motifs is 1. The molecule has 78 valence electrons. The van der Waals surface area contributed by atoms with Gasteiger partial charge in [-0.2, -0.15) is 0 Å². The molecule has 1 aliphatic carbocycles. The van der Waals surface area contributed by atoms with Crippen LogP contribution in [0.25, 0.3) is 10.1 Å². The van der Waals surface area contributed by atoms with Crippen LogP contribution in [-0.4, -0.2) is 4.57 Å². The molecular weight excluding hydrogens is 206 g/mol. The summed E-state index contributed by atoms with van der Waals surface area (Å²) < 4.78 is 2.98. The minimum Gasteiger partial charge on any atom is -0.315 e. The molecule has 3 heteroatoms. The fraction of sp³-hybridized carbons (Fsp3) is 0.417. The number of aromatic nitrogens is 1. The number of pyridine rings is 1. The van der Waals surface area contributed by atoms with Crippen LogP contribution in [0.5, 0.6) is 0 Å². The summed E-state index contributed by atoms with van der Waals surface area (Å²) in [7, 11) is 0. The van der Waals surface area contributed by atoms with E-state index in [1.165, 1.54) is 19.3 Å². The quantitative estimate of drug-likeness (QED) is 0.761. The van der Waals surface area contributed by atoms with Gasteiger partial charge in [0.05, 0.1) is 5.39 Å². The monoisotopic (exact) mass is 219 g/mol. The van der Waals surface area contributed by atoms with E-state index in [2.05, 4.69) is 6.07 Å². The number of hydrogen-bond donors (Lipinski definition) is 0. The van der Waals surface area contributed by atoms with E-state index in [1.54, 1.807) is 11.3 Å². The van der Waals surface area contributed by atoms with Crippen LogP contribution in [0, 0.1) is 5.92 Å². The first kappa shape index (κ1) is 9.16. The summed E-state index contributed by atoms with van der Waals surface area (Å²) in [6.45, 7) is 0.907. The summed E-state index contributed by atoms with van der Waals surface area (Å²) >= 11 is 1.64. The molecule has 2 aromatic rings. The molecule has 1 saturated carbocycles. The molecule has 0 amide bonds. The van der Waals surface area contributed by atoms with Crippen molar-refractivity contribution in [2.45, 2.75) is 25.8 Å². The van der Waals surface area contributed by atoms with Gasteiger partial charge in [0.1, 0.15) is 0 Å². The highest BCUT2D eigenvalue weighted by atomic mass is 32.1. The Morgan fingerprint density at radius 2 is 2.27 bits per heavy atom. The Labute approximate surface area is 92.2 Å². The lowest BCUT2D eigenvalue weighted by molar-refractivity contribution is 0.274. The highest BCUT2D eigenvalue weighted by molar-refractivity contribution is 7.17. The van der Waals surface area contributed by atoms with E-state index < -0.39 is 0 Å². The summed E-state index contributed by atoms with van der Waals surface area (Å²) in [6.07, 6.45) is 5.85. The Kier molecular flexibility index (Phi) is 2.13. The Morgan fingerprint density at radius 1 is 1.40 bits per heavy atom. The Bertz CT molecular complexity index is 536. The van der Waals surface area contributed by atoms with Crippen molar-refractivity contribution < 1.29 is 0 Å². The van der Waals surface area contributed by atoms with Crippen LogP contribution in [0.1, 0.15) is 19.3 Å². The summed E-state index contributed by atoms with van der Waals surface area (Å²) in [5.74, 6) is 0.735. The maximum Gasteiger partial charge on any atom is 0.259 e. The minimum atomic E-state index is 0.181. The molecule has 2 heterocycles. The summed E-state index contributed by atoms with van der Waals surface area (Å²) in [6, 6.07) is 3.99. The van der Waals surface area contributed by atoms with Crippen molar-refractivity contribution in [1.29, 1.82) is 0 Å². The molecule has 0 spiro atoms. The van der Waals surface area contributed by atoms with Crippen molar-refractivity contribution in [2.75, 3.05) is 0 Å². The topological polar surface area (TPSA) is 22.0 Å². The van der Waals surface area contributed by atoms with E-state index in [1.807, 2.05) is 22.2 Å². The van der Waals surface area contributed by atoms with Crippen LogP contribution < -0.4 is 5.56 Å². The normalized spacial score (nSPS) is 16.8. The van der Waals surface area contributed by atoms with E-state index >= 15 is 0 Å².